The Balaban J connectivity index is 1.59. The molecule has 0 aliphatic rings. The number of imidazole rings is 1. The van der Waals surface area contributed by atoms with E-state index < -0.39 is 0 Å². The van der Waals surface area contributed by atoms with Gasteiger partial charge in [-0.25, -0.2) is 9.37 Å². The molecule has 0 spiro atoms. The van der Waals surface area contributed by atoms with E-state index >= 15 is 0 Å². The van der Waals surface area contributed by atoms with Gasteiger partial charge in [0.2, 0.25) is 5.91 Å². The van der Waals surface area contributed by atoms with Crippen molar-refractivity contribution < 1.29 is 9.18 Å². The summed E-state index contributed by atoms with van der Waals surface area (Å²) in [4.78, 5) is 17.0. The largest absolute Gasteiger partial charge is 0.351 e. The maximum atomic E-state index is 13.0. The van der Waals surface area contributed by atoms with E-state index in [2.05, 4.69) is 22.9 Å². The molecule has 0 atom stereocenters. The number of fused-ring (bicyclic) bond motifs is 1. The molecule has 0 aliphatic heterocycles. The van der Waals surface area contributed by atoms with Crippen molar-refractivity contribution >= 4 is 28.7 Å². The SMILES string of the molecule is CCCCCCn1c(SCC(=O)NCc2ccc(F)cc2)nc2ccccc21. The van der Waals surface area contributed by atoms with Crippen LogP contribution in [-0.4, -0.2) is 21.2 Å². The monoisotopic (exact) mass is 399 g/mol. The predicted molar refractivity (Wildman–Crippen MR) is 113 cm³/mol. The quantitative estimate of drug-likeness (QED) is 0.378. The zero-order valence-corrected chi connectivity index (χ0v) is 17.0. The molecule has 3 aromatic rings. The molecule has 0 unspecified atom stereocenters. The predicted octanol–water partition coefficient (Wildman–Crippen LogP) is 5.16. The van der Waals surface area contributed by atoms with Crippen molar-refractivity contribution in [1.29, 1.82) is 0 Å². The van der Waals surface area contributed by atoms with Gasteiger partial charge in [0.25, 0.3) is 0 Å². The highest BCUT2D eigenvalue weighted by atomic mass is 32.2. The third-order valence-electron chi connectivity index (χ3n) is 4.59. The summed E-state index contributed by atoms with van der Waals surface area (Å²) in [5, 5.41) is 3.77. The van der Waals surface area contributed by atoms with Gasteiger partial charge in [-0.3, -0.25) is 4.79 Å². The summed E-state index contributed by atoms with van der Waals surface area (Å²) in [6.45, 7) is 3.52. The Bertz CT molecular complexity index is 908. The van der Waals surface area contributed by atoms with Gasteiger partial charge in [-0.15, -0.1) is 0 Å². The van der Waals surface area contributed by atoms with Crippen molar-refractivity contribution in [1.82, 2.24) is 14.9 Å². The van der Waals surface area contributed by atoms with E-state index in [1.807, 2.05) is 18.2 Å². The number of aromatic nitrogens is 2. The molecule has 1 heterocycles. The van der Waals surface area contributed by atoms with Crippen LogP contribution in [0.15, 0.2) is 53.7 Å². The number of nitrogens with zero attached hydrogens (tertiary/aromatic N) is 2. The number of amides is 1. The molecule has 1 amide bonds. The first-order valence-corrected chi connectivity index (χ1v) is 10.7. The fraction of sp³-hybridized carbons (Fsp3) is 0.364. The lowest BCUT2D eigenvalue weighted by molar-refractivity contribution is -0.118. The number of carbonyl (C=O) groups excluding carboxylic acids is 1. The van der Waals surface area contributed by atoms with E-state index in [9.17, 15) is 9.18 Å². The number of halogens is 1. The van der Waals surface area contributed by atoms with Gasteiger partial charge < -0.3 is 9.88 Å². The van der Waals surface area contributed by atoms with E-state index in [-0.39, 0.29) is 11.7 Å². The minimum Gasteiger partial charge on any atom is -0.351 e. The number of aryl methyl sites for hydroxylation is 1. The average Bonchev–Trinajstić information content (AvgIpc) is 3.07. The van der Waals surface area contributed by atoms with Gasteiger partial charge in [-0.2, -0.15) is 0 Å². The molecule has 6 heteroatoms. The van der Waals surface area contributed by atoms with Crippen LogP contribution in [0, 0.1) is 5.82 Å². The number of carbonyl (C=O) groups is 1. The lowest BCUT2D eigenvalue weighted by atomic mass is 10.2. The van der Waals surface area contributed by atoms with Gasteiger partial charge in [0.05, 0.1) is 16.8 Å². The second kappa shape index (κ2) is 10.3. The molecule has 3 rings (SSSR count). The lowest BCUT2D eigenvalue weighted by Gasteiger charge is -2.09. The zero-order valence-electron chi connectivity index (χ0n) is 16.2. The summed E-state index contributed by atoms with van der Waals surface area (Å²) < 4.78 is 15.2. The van der Waals surface area contributed by atoms with E-state index in [4.69, 9.17) is 4.98 Å². The number of benzene rings is 2. The smallest absolute Gasteiger partial charge is 0.230 e. The number of hydrogen-bond donors (Lipinski definition) is 1. The lowest BCUT2D eigenvalue weighted by Crippen LogP contribution is -2.24. The van der Waals surface area contributed by atoms with Crippen LogP contribution in [0.4, 0.5) is 4.39 Å². The number of para-hydroxylation sites is 2. The minimum absolute atomic E-state index is 0.0566. The Labute approximate surface area is 169 Å². The van der Waals surface area contributed by atoms with Crippen molar-refractivity contribution in [3.8, 4) is 0 Å². The molecule has 0 bridgehead atoms. The molecule has 148 valence electrons. The van der Waals surface area contributed by atoms with Crippen LogP contribution < -0.4 is 5.32 Å². The number of hydrogen-bond acceptors (Lipinski definition) is 3. The zero-order chi connectivity index (χ0) is 19.8. The summed E-state index contributed by atoms with van der Waals surface area (Å²) in [6.07, 6.45) is 4.76. The highest BCUT2D eigenvalue weighted by Crippen LogP contribution is 2.24. The standard InChI is InChI=1S/C22H26FN3OS/c1-2-3-4-7-14-26-20-9-6-5-8-19(20)25-22(26)28-16-21(27)24-15-17-10-12-18(23)13-11-17/h5-6,8-13H,2-4,7,14-16H2,1H3,(H,24,27). The first-order valence-electron chi connectivity index (χ1n) is 9.76. The average molecular weight is 400 g/mol. The summed E-state index contributed by atoms with van der Waals surface area (Å²) in [6, 6.07) is 14.3. The van der Waals surface area contributed by atoms with Crippen molar-refractivity contribution in [2.24, 2.45) is 0 Å². The first kappa shape index (κ1) is 20.4. The first-order chi connectivity index (χ1) is 13.7. The fourth-order valence-corrected chi connectivity index (χ4v) is 3.93. The highest BCUT2D eigenvalue weighted by Gasteiger charge is 2.12. The van der Waals surface area contributed by atoms with Crippen LogP contribution in [0.1, 0.15) is 38.2 Å². The van der Waals surface area contributed by atoms with Crippen molar-refractivity contribution in [3.05, 3.63) is 59.9 Å². The Morgan fingerprint density at radius 2 is 1.89 bits per heavy atom. The fourth-order valence-electron chi connectivity index (χ4n) is 3.06. The minimum atomic E-state index is -0.275. The Kier molecular flexibility index (Phi) is 7.48. The summed E-state index contributed by atoms with van der Waals surface area (Å²) in [5.74, 6) is -0.0261. The second-order valence-electron chi connectivity index (χ2n) is 6.79. The van der Waals surface area contributed by atoms with E-state index in [1.54, 1.807) is 12.1 Å². The Hall–Kier alpha value is -2.34. The third-order valence-corrected chi connectivity index (χ3v) is 5.57. The van der Waals surface area contributed by atoms with Gasteiger partial charge in [0.15, 0.2) is 5.16 Å². The molecule has 0 aliphatic carbocycles. The molecule has 0 saturated carbocycles. The molecule has 0 saturated heterocycles. The van der Waals surface area contributed by atoms with Crippen LogP contribution in [0.5, 0.6) is 0 Å². The molecule has 0 radical (unpaired) electrons. The van der Waals surface area contributed by atoms with Crippen molar-refractivity contribution in [3.63, 3.8) is 0 Å². The molecule has 1 N–H and O–H groups in total. The van der Waals surface area contributed by atoms with Crippen molar-refractivity contribution in [2.45, 2.75) is 50.9 Å². The summed E-state index contributed by atoms with van der Waals surface area (Å²) in [7, 11) is 0. The van der Waals surface area contributed by atoms with Crippen LogP contribution in [0.25, 0.3) is 11.0 Å². The maximum Gasteiger partial charge on any atom is 0.230 e. The molecular formula is C22H26FN3OS. The highest BCUT2D eigenvalue weighted by molar-refractivity contribution is 7.99. The van der Waals surface area contributed by atoms with Crippen LogP contribution in [-0.2, 0) is 17.9 Å². The normalized spacial score (nSPS) is 11.1. The number of nitrogens with one attached hydrogen (secondary N) is 1. The van der Waals surface area contributed by atoms with E-state index in [0.717, 1.165) is 34.7 Å². The van der Waals surface area contributed by atoms with Gasteiger partial charge in [-0.05, 0) is 36.2 Å². The Morgan fingerprint density at radius 1 is 1.11 bits per heavy atom. The number of thioether (sulfide) groups is 1. The van der Waals surface area contributed by atoms with Crippen LogP contribution >= 0.6 is 11.8 Å². The van der Waals surface area contributed by atoms with Crippen molar-refractivity contribution in [2.75, 3.05) is 5.75 Å². The molecule has 28 heavy (non-hydrogen) atoms. The van der Waals surface area contributed by atoms with Crippen LogP contribution in [0.3, 0.4) is 0 Å². The molecule has 4 nitrogen and oxygen atoms in total. The Morgan fingerprint density at radius 3 is 2.68 bits per heavy atom. The number of unbranched alkanes of at least 4 members (excludes halogenated alkanes) is 3. The third kappa shape index (κ3) is 5.58. The molecule has 2 aromatic carbocycles. The second-order valence-corrected chi connectivity index (χ2v) is 7.73. The van der Waals surface area contributed by atoms with Gasteiger partial charge in [0, 0.05) is 13.1 Å². The van der Waals surface area contributed by atoms with E-state index in [0.29, 0.717) is 12.3 Å². The molecule has 1 aromatic heterocycles. The number of rotatable bonds is 10. The van der Waals surface area contributed by atoms with Gasteiger partial charge in [-0.1, -0.05) is 62.2 Å². The molecular weight excluding hydrogens is 373 g/mol. The van der Waals surface area contributed by atoms with Crippen LogP contribution in [0.2, 0.25) is 0 Å². The van der Waals surface area contributed by atoms with Gasteiger partial charge in [0.1, 0.15) is 5.82 Å². The summed E-state index contributed by atoms with van der Waals surface area (Å²) in [5.41, 5.74) is 2.96. The summed E-state index contributed by atoms with van der Waals surface area (Å²) >= 11 is 1.46. The van der Waals surface area contributed by atoms with Gasteiger partial charge >= 0.3 is 0 Å². The molecule has 0 fully saturated rings. The topological polar surface area (TPSA) is 46.9 Å². The van der Waals surface area contributed by atoms with E-state index in [1.165, 1.54) is 43.2 Å². The maximum absolute atomic E-state index is 13.0.